The number of nitrogens with zero attached hydrogens (tertiary/aromatic N) is 1. The number of ether oxygens (including phenoxy) is 2. The fraction of sp³-hybridized carbons (Fsp3) is 0.286. The van der Waals surface area contributed by atoms with Crippen molar-refractivity contribution < 1.29 is 23.5 Å². The van der Waals surface area contributed by atoms with E-state index < -0.39 is 11.9 Å². The second-order valence-electron chi connectivity index (χ2n) is 6.37. The molecule has 2 aromatic heterocycles. The van der Waals surface area contributed by atoms with E-state index in [1.165, 1.54) is 11.3 Å². The number of nitrogens with one attached hydrogen (secondary N) is 1. The Morgan fingerprint density at radius 3 is 2.76 bits per heavy atom. The van der Waals surface area contributed by atoms with Crippen LogP contribution in [0.5, 0.6) is 5.75 Å². The van der Waals surface area contributed by atoms with E-state index in [2.05, 4.69) is 10.3 Å². The molecule has 0 saturated heterocycles. The zero-order valence-corrected chi connectivity index (χ0v) is 17.2. The monoisotopic (exact) mass is 414 g/mol. The SMILES string of the molecule is COc1ccccc1C(C)NC(=O)COC(=O)Cc1nc(-c2cccs2)oc1C. The molecule has 29 heavy (non-hydrogen) atoms. The number of aromatic nitrogens is 1. The summed E-state index contributed by atoms with van der Waals surface area (Å²) in [6.45, 7) is 3.21. The number of oxazole rings is 1. The van der Waals surface area contributed by atoms with Gasteiger partial charge in [0.1, 0.15) is 11.5 Å². The van der Waals surface area contributed by atoms with Crippen LogP contribution in [-0.4, -0.2) is 30.6 Å². The molecule has 3 aromatic rings. The van der Waals surface area contributed by atoms with Gasteiger partial charge in [0.2, 0.25) is 5.89 Å². The third kappa shape index (κ3) is 5.23. The summed E-state index contributed by atoms with van der Waals surface area (Å²) in [5.41, 5.74) is 1.34. The van der Waals surface area contributed by atoms with Gasteiger partial charge in [0, 0.05) is 5.56 Å². The summed E-state index contributed by atoms with van der Waals surface area (Å²) in [6, 6.07) is 10.9. The normalized spacial score (nSPS) is 11.7. The highest BCUT2D eigenvalue weighted by Crippen LogP contribution is 2.26. The Kier molecular flexibility index (Phi) is 6.66. The Balaban J connectivity index is 1.51. The maximum atomic E-state index is 12.1. The van der Waals surface area contributed by atoms with Crippen molar-refractivity contribution in [3.05, 3.63) is 58.8 Å². The van der Waals surface area contributed by atoms with Crippen LogP contribution >= 0.6 is 11.3 Å². The van der Waals surface area contributed by atoms with Crippen LogP contribution in [0.25, 0.3) is 10.8 Å². The minimum absolute atomic E-state index is 0.0595. The number of amides is 1. The molecule has 1 N–H and O–H groups in total. The quantitative estimate of drug-likeness (QED) is 0.566. The number of carbonyl (C=O) groups excluding carboxylic acids is 2. The van der Waals surface area contributed by atoms with Gasteiger partial charge in [0.15, 0.2) is 6.61 Å². The predicted molar refractivity (Wildman–Crippen MR) is 109 cm³/mol. The Morgan fingerprint density at radius 2 is 2.03 bits per heavy atom. The molecule has 1 unspecified atom stereocenters. The molecule has 0 aliphatic heterocycles. The average molecular weight is 414 g/mol. The molecule has 152 valence electrons. The van der Waals surface area contributed by atoms with Gasteiger partial charge in [0.05, 0.1) is 30.1 Å². The minimum atomic E-state index is -0.542. The first kappa shape index (κ1) is 20.6. The molecule has 8 heteroatoms. The molecular weight excluding hydrogens is 392 g/mol. The van der Waals surface area contributed by atoms with E-state index >= 15 is 0 Å². The standard InChI is InChI=1S/C21H22N2O5S/c1-13(15-7-4-5-8-17(15)26-3)22-19(24)12-27-20(25)11-16-14(2)28-21(23-16)18-9-6-10-29-18/h4-10,13H,11-12H2,1-3H3,(H,22,24). The second-order valence-corrected chi connectivity index (χ2v) is 7.32. The summed E-state index contributed by atoms with van der Waals surface area (Å²) in [6.07, 6.45) is -0.0595. The smallest absolute Gasteiger partial charge is 0.312 e. The maximum Gasteiger partial charge on any atom is 0.312 e. The van der Waals surface area contributed by atoms with Crippen molar-refractivity contribution in [1.29, 1.82) is 0 Å². The van der Waals surface area contributed by atoms with Crippen molar-refractivity contribution in [2.45, 2.75) is 26.3 Å². The van der Waals surface area contributed by atoms with Crippen LogP contribution in [-0.2, 0) is 20.7 Å². The van der Waals surface area contributed by atoms with Crippen LogP contribution in [0.2, 0.25) is 0 Å². The highest BCUT2D eigenvalue weighted by atomic mass is 32.1. The van der Waals surface area contributed by atoms with Gasteiger partial charge in [-0.3, -0.25) is 9.59 Å². The molecule has 0 fully saturated rings. The van der Waals surface area contributed by atoms with E-state index in [9.17, 15) is 9.59 Å². The minimum Gasteiger partial charge on any atom is -0.496 e. The fourth-order valence-electron chi connectivity index (χ4n) is 2.82. The molecule has 2 heterocycles. The first-order valence-corrected chi connectivity index (χ1v) is 9.94. The first-order chi connectivity index (χ1) is 14.0. The highest BCUT2D eigenvalue weighted by molar-refractivity contribution is 7.13. The molecule has 7 nitrogen and oxygen atoms in total. The number of rotatable bonds is 8. The van der Waals surface area contributed by atoms with Crippen LogP contribution in [0.4, 0.5) is 0 Å². The van der Waals surface area contributed by atoms with Gasteiger partial charge in [-0.1, -0.05) is 24.3 Å². The predicted octanol–water partition coefficient (Wildman–Crippen LogP) is 3.68. The molecule has 0 bridgehead atoms. The molecule has 0 saturated carbocycles. The Labute approximate surface area is 172 Å². The lowest BCUT2D eigenvalue weighted by atomic mass is 10.1. The van der Waals surface area contributed by atoms with E-state index in [0.717, 1.165) is 10.4 Å². The molecule has 0 radical (unpaired) electrons. The van der Waals surface area contributed by atoms with Gasteiger partial charge in [0.25, 0.3) is 5.91 Å². The van der Waals surface area contributed by atoms with Gasteiger partial charge in [-0.25, -0.2) is 4.98 Å². The van der Waals surface area contributed by atoms with Crippen molar-refractivity contribution >= 4 is 23.2 Å². The number of aryl methyl sites for hydroxylation is 1. The van der Waals surface area contributed by atoms with E-state index in [-0.39, 0.29) is 19.1 Å². The number of thiophene rings is 1. The van der Waals surface area contributed by atoms with E-state index in [1.54, 1.807) is 14.0 Å². The van der Waals surface area contributed by atoms with Gasteiger partial charge in [-0.15, -0.1) is 11.3 Å². The Hall–Kier alpha value is -3.13. The zero-order valence-electron chi connectivity index (χ0n) is 16.4. The summed E-state index contributed by atoms with van der Waals surface area (Å²) in [4.78, 5) is 29.5. The largest absolute Gasteiger partial charge is 0.496 e. The Bertz CT molecular complexity index is 981. The van der Waals surface area contributed by atoms with Crippen LogP contribution in [0.1, 0.15) is 30.0 Å². The summed E-state index contributed by atoms with van der Waals surface area (Å²) in [5.74, 6) is 0.774. The molecule has 0 aliphatic rings. The van der Waals surface area contributed by atoms with Gasteiger partial charge < -0.3 is 19.2 Å². The number of hydrogen-bond acceptors (Lipinski definition) is 7. The van der Waals surface area contributed by atoms with Gasteiger partial charge in [-0.05, 0) is 31.4 Å². The van der Waals surface area contributed by atoms with Crippen LogP contribution in [0.15, 0.2) is 46.2 Å². The van der Waals surface area contributed by atoms with E-state index in [1.807, 2.05) is 48.7 Å². The van der Waals surface area contributed by atoms with Crippen molar-refractivity contribution in [2.24, 2.45) is 0 Å². The second kappa shape index (κ2) is 9.38. The summed E-state index contributed by atoms with van der Waals surface area (Å²) in [7, 11) is 1.57. The summed E-state index contributed by atoms with van der Waals surface area (Å²) < 4.78 is 16.0. The van der Waals surface area contributed by atoms with E-state index in [4.69, 9.17) is 13.9 Å². The summed E-state index contributed by atoms with van der Waals surface area (Å²) in [5, 5.41) is 4.72. The van der Waals surface area contributed by atoms with Crippen molar-refractivity contribution in [3.8, 4) is 16.5 Å². The lowest BCUT2D eigenvalue weighted by molar-refractivity contribution is -0.148. The third-order valence-corrected chi connectivity index (χ3v) is 5.14. The molecule has 0 spiro atoms. The van der Waals surface area contributed by atoms with Crippen LogP contribution in [0, 0.1) is 6.92 Å². The Morgan fingerprint density at radius 1 is 1.24 bits per heavy atom. The topological polar surface area (TPSA) is 90.7 Å². The van der Waals surface area contributed by atoms with Gasteiger partial charge >= 0.3 is 5.97 Å². The lowest BCUT2D eigenvalue weighted by Gasteiger charge is -2.17. The molecule has 1 atom stereocenters. The van der Waals surface area contributed by atoms with Gasteiger partial charge in [-0.2, -0.15) is 0 Å². The number of benzene rings is 1. The van der Waals surface area contributed by atoms with Crippen molar-refractivity contribution in [1.82, 2.24) is 10.3 Å². The van der Waals surface area contributed by atoms with Crippen molar-refractivity contribution in [3.63, 3.8) is 0 Å². The zero-order chi connectivity index (χ0) is 20.8. The third-order valence-electron chi connectivity index (χ3n) is 4.28. The molecule has 1 aromatic carbocycles. The molecule has 1 amide bonds. The molecule has 3 rings (SSSR count). The number of hydrogen-bond donors (Lipinski definition) is 1. The lowest BCUT2D eigenvalue weighted by Crippen LogP contribution is -2.31. The molecular formula is C21H22N2O5S. The maximum absolute atomic E-state index is 12.1. The highest BCUT2D eigenvalue weighted by Gasteiger charge is 2.18. The number of carbonyl (C=O) groups is 2. The number of esters is 1. The number of para-hydroxylation sites is 1. The van der Waals surface area contributed by atoms with E-state index in [0.29, 0.717) is 23.1 Å². The first-order valence-electron chi connectivity index (χ1n) is 9.06. The number of methoxy groups -OCH3 is 1. The summed E-state index contributed by atoms with van der Waals surface area (Å²) >= 11 is 1.50. The van der Waals surface area contributed by atoms with Crippen LogP contribution in [0.3, 0.4) is 0 Å². The average Bonchev–Trinajstić information content (AvgIpc) is 3.36. The molecule has 0 aliphatic carbocycles. The van der Waals surface area contributed by atoms with Crippen LogP contribution < -0.4 is 10.1 Å². The van der Waals surface area contributed by atoms with Crippen molar-refractivity contribution in [2.75, 3.05) is 13.7 Å². The fourth-order valence-corrected chi connectivity index (χ4v) is 3.47.